The first-order chi connectivity index (χ1) is 10.1. The van der Waals surface area contributed by atoms with Crippen LogP contribution in [0, 0.1) is 6.92 Å². The first kappa shape index (κ1) is 14.8. The molecule has 0 bridgehead atoms. The van der Waals surface area contributed by atoms with Gasteiger partial charge in [0.25, 0.3) is 0 Å². The van der Waals surface area contributed by atoms with Crippen LogP contribution >= 0.6 is 11.6 Å². The second kappa shape index (κ2) is 5.91. The van der Waals surface area contributed by atoms with E-state index < -0.39 is 0 Å². The van der Waals surface area contributed by atoms with E-state index in [1.165, 1.54) is 0 Å². The van der Waals surface area contributed by atoms with Crippen LogP contribution in [0.25, 0.3) is 10.9 Å². The van der Waals surface area contributed by atoms with E-state index in [1.54, 1.807) is 0 Å². The van der Waals surface area contributed by atoms with E-state index in [-0.39, 0.29) is 0 Å². The molecule has 1 aromatic carbocycles. The number of aromatic nitrogens is 1. The number of hydrogen-bond acceptors (Lipinski definition) is 3. The molecule has 2 aromatic rings. The maximum atomic E-state index is 6.57. The summed E-state index contributed by atoms with van der Waals surface area (Å²) in [5.74, 6) is 0. The summed E-state index contributed by atoms with van der Waals surface area (Å²) in [5.41, 5.74) is 3.16. The molecule has 21 heavy (non-hydrogen) atoms. The van der Waals surface area contributed by atoms with Gasteiger partial charge in [0, 0.05) is 37.1 Å². The highest BCUT2D eigenvalue weighted by molar-refractivity contribution is 6.32. The van der Waals surface area contributed by atoms with Crippen molar-refractivity contribution in [2.45, 2.75) is 39.4 Å². The number of halogens is 1. The molecule has 0 radical (unpaired) electrons. The van der Waals surface area contributed by atoms with E-state index in [0.717, 1.165) is 46.8 Å². The predicted octanol–water partition coefficient (Wildman–Crippen LogP) is 3.38. The van der Waals surface area contributed by atoms with Crippen LogP contribution in [0.2, 0.25) is 5.02 Å². The molecule has 0 saturated carbocycles. The zero-order chi connectivity index (χ0) is 15.0. The Kier molecular flexibility index (Phi) is 4.16. The quantitative estimate of drug-likeness (QED) is 0.922. The number of benzene rings is 1. The van der Waals surface area contributed by atoms with E-state index in [2.05, 4.69) is 43.1 Å². The number of hydrogen-bond donors (Lipinski definition) is 1. The molecule has 2 unspecified atom stereocenters. The van der Waals surface area contributed by atoms with Gasteiger partial charge in [0.2, 0.25) is 0 Å². The highest BCUT2D eigenvalue weighted by Gasteiger charge is 2.24. The van der Waals surface area contributed by atoms with Crippen molar-refractivity contribution in [2.75, 3.05) is 13.1 Å². The number of nitrogens with zero attached hydrogens (tertiary/aromatic N) is 2. The van der Waals surface area contributed by atoms with Crippen molar-refractivity contribution in [2.24, 2.45) is 0 Å². The zero-order valence-electron chi connectivity index (χ0n) is 12.9. The minimum Gasteiger partial charge on any atom is -0.311 e. The van der Waals surface area contributed by atoms with Gasteiger partial charge in [0.1, 0.15) is 0 Å². The summed E-state index contributed by atoms with van der Waals surface area (Å²) in [6.07, 6.45) is 0. The van der Waals surface area contributed by atoms with Gasteiger partial charge in [-0.1, -0.05) is 29.8 Å². The van der Waals surface area contributed by atoms with Gasteiger partial charge in [0.15, 0.2) is 0 Å². The lowest BCUT2D eigenvalue weighted by Gasteiger charge is -2.37. The Labute approximate surface area is 131 Å². The zero-order valence-corrected chi connectivity index (χ0v) is 13.6. The first-order valence-electron chi connectivity index (χ1n) is 7.57. The summed E-state index contributed by atoms with van der Waals surface area (Å²) in [4.78, 5) is 7.26. The summed E-state index contributed by atoms with van der Waals surface area (Å²) in [5, 5.41) is 5.47. The Morgan fingerprint density at radius 3 is 2.90 bits per heavy atom. The van der Waals surface area contributed by atoms with Gasteiger partial charge in [-0.15, -0.1) is 0 Å². The molecule has 2 atom stereocenters. The van der Waals surface area contributed by atoms with Crippen molar-refractivity contribution in [1.29, 1.82) is 0 Å². The molecule has 2 heterocycles. The number of rotatable bonds is 2. The Balaban J connectivity index is 1.95. The number of pyridine rings is 1. The van der Waals surface area contributed by atoms with Crippen molar-refractivity contribution in [1.82, 2.24) is 15.2 Å². The monoisotopic (exact) mass is 303 g/mol. The molecule has 1 saturated heterocycles. The second-order valence-electron chi connectivity index (χ2n) is 6.10. The lowest BCUT2D eigenvalue weighted by molar-refractivity contribution is 0.137. The van der Waals surface area contributed by atoms with Crippen molar-refractivity contribution < 1.29 is 0 Å². The number of fused-ring (bicyclic) bond motifs is 1. The van der Waals surface area contributed by atoms with Gasteiger partial charge in [-0.3, -0.25) is 4.90 Å². The van der Waals surface area contributed by atoms with Gasteiger partial charge < -0.3 is 5.32 Å². The lowest BCUT2D eigenvalue weighted by atomic mass is 10.1. The molecule has 1 N–H and O–H groups in total. The maximum Gasteiger partial charge on any atom is 0.0740 e. The van der Waals surface area contributed by atoms with Crippen LogP contribution in [0.4, 0.5) is 0 Å². The standard InChI is InChI=1S/C17H22ClN3/c1-11-9-21(12(2)8-19-11)10-16-17(18)13(3)14-6-4-5-7-15(14)20-16/h4-7,11-12,19H,8-10H2,1-3H3. The Morgan fingerprint density at radius 1 is 1.33 bits per heavy atom. The smallest absolute Gasteiger partial charge is 0.0740 e. The van der Waals surface area contributed by atoms with Crippen molar-refractivity contribution in [3.63, 3.8) is 0 Å². The van der Waals surface area contributed by atoms with Gasteiger partial charge in [0.05, 0.1) is 16.2 Å². The number of piperazine rings is 1. The average molecular weight is 304 g/mol. The fourth-order valence-electron chi connectivity index (χ4n) is 3.03. The Bertz CT molecular complexity index is 656. The second-order valence-corrected chi connectivity index (χ2v) is 6.48. The molecule has 112 valence electrons. The molecule has 0 spiro atoms. The minimum absolute atomic E-state index is 0.505. The van der Waals surface area contributed by atoms with E-state index in [0.29, 0.717) is 12.1 Å². The maximum absolute atomic E-state index is 6.57. The van der Waals surface area contributed by atoms with Crippen LogP contribution in [0.15, 0.2) is 24.3 Å². The number of aryl methyl sites for hydroxylation is 1. The van der Waals surface area contributed by atoms with Crippen molar-refractivity contribution >= 4 is 22.5 Å². The van der Waals surface area contributed by atoms with Crippen LogP contribution in [0.3, 0.4) is 0 Å². The number of para-hydroxylation sites is 1. The van der Waals surface area contributed by atoms with Gasteiger partial charge >= 0.3 is 0 Å². The molecular formula is C17H22ClN3. The third-order valence-corrected chi connectivity index (χ3v) is 4.89. The summed E-state index contributed by atoms with van der Waals surface area (Å²) in [7, 11) is 0. The molecule has 3 rings (SSSR count). The molecule has 1 aromatic heterocycles. The Morgan fingerprint density at radius 2 is 2.10 bits per heavy atom. The van der Waals surface area contributed by atoms with Crippen molar-refractivity contribution in [3.8, 4) is 0 Å². The average Bonchev–Trinajstić information content (AvgIpc) is 2.48. The van der Waals surface area contributed by atoms with Crippen LogP contribution in [0.5, 0.6) is 0 Å². The van der Waals surface area contributed by atoms with Gasteiger partial charge in [-0.05, 0) is 32.4 Å². The molecule has 1 fully saturated rings. The fourth-order valence-corrected chi connectivity index (χ4v) is 3.24. The molecule has 0 amide bonds. The highest BCUT2D eigenvalue weighted by Crippen LogP contribution is 2.28. The van der Waals surface area contributed by atoms with E-state index in [9.17, 15) is 0 Å². The SMILES string of the molecule is Cc1c(Cl)c(CN2CC(C)NCC2C)nc2ccccc12. The predicted molar refractivity (Wildman–Crippen MR) is 88.8 cm³/mol. The van der Waals surface area contributed by atoms with Gasteiger partial charge in [-0.25, -0.2) is 4.98 Å². The van der Waals surface area contributed by atoms with Crippen LogP contribution < -0.4 is 5.32 Å². The lowest BCUT2D eigenvalue weighted by Crippen LogP contribution is -2.53. The van der Waals surface area contributed by atoms with E-state index in [1.807, 2.05) is 12.1 Å². The summed E-state index contributed by atoms with van der Waals surface area (Å²) in [6, 6.07) is 9.23. The highest BCUT2D eigenvalue weighted by atomic mass is 35.5. The molecule has 4 heteroatoms. The van der Waals surface area contributed by atoms with E-state index in [4.69, 9.17) is 16.6 Å². The first-order valence-corrected chi connectivity index (χ1v) is 7.95. The Hall–Kier alpha value is -1.16. The largest absolute Gasteiger partial charge is 0.311 e. The third-order valence-electron chi connectivity index (χ3n) is 4.39. The van der Waals surface area contributed by atoms with Crippen LogP contribution in [-0.2, 0) is 6.54 Å². The minimum atomic E-state index is 0.505. The normalized spacial score (nSPS) is 23.6. The summed E-state index contributed by atoms with van der Waals surface area (Å²) >= 11 is 6.57. The summed E-state index contributed by atoms with van der Waals surface area (Å²) in [6.45, 7) is 9.42. The topological polar surface area (TPSA) is 28.2 Å². The van der Waals surface area contributed by atoms with Crippen LogP contribution in [0.1, 0.15) is 25.1 Å². The molecule has 3 nitrogen and oxygen atoms in total. The van der Waals surface area contributed by atoms with Crippen LogP contribution in [-0.4, -0.2) is 35.1 Å². The number of nitrogens with one attached hydrogen (secondary N) is 1. The molecular weight excluding hydrogens is 282 g/mol. The summed E-state index contributed by atoms with van der Waals surface area (Å²) < 4.78 is 0. The third kappa shape index (κ3) is 2.91. The van der Waals surface area contributed by atoms with Crippen molar-refractivity contribution in [3.05, 3.63) is 40.5 Å². The van der Waals surface area contributed by atoms with E-state index >= 15 is 0 Å². The van der Waals surface area contributed by atoms with Gasteiger partial charge in [-0.2, -0.15) is 0 Å². The molecule has 1 aliphatic rings. The molecule has 1 aliphatic heterocycles. The molecule has 0 aliphatic carbocycles. The fraction of sp³-hybridized carbons (Fsp3) is 0.471.